The quantitative estimate of drug-likeness (QED) is 0.173. The summed E-state index contributed by atoms with van der Waals surface area (Å²) in [5, 5.41) is 17.1. The molecular weight excluding hydrogens is 536 g/mol. The standard InChI is InChI=1S/C32H38N4O6/c1-19-25-11-9-23(33)18-28(25)42-31(38)29(19)21-5-3-6-22(17-21)30-27-12-10-24(7-4-8-26(27)20(2)35-36-30)41-32(39)34-13-15-40-16-14-37/h3,5-6,9,11,17-18,24,27,35,37H,4,7-8,10,12-16,33H2,1-2H3,(H,34,39). The minimum absolute atomic E-state index is 0.0524. The zero-order valence-electron chi connectivity index (χ0n) is 24.1. The Balaban J connectivity index is 1.35. The van der Waals surface area contributed by atoms with Gasteiger partial charge in [-0.1, -0.05) is 18.2 Å². The van der Waals surface area contributed by atoms with Crippen LogP contribution in [0.5, 0.6) is 0 Å². The van der Waals surface area contributed by atoms with Gasteiger partial charge in [0.15, 0.2) is 0 Å². The first kappa shape index (κ1) is 29.3. The third-order valence-corrected chi connectivity index (χ3v) is 7.99. The Morgan fingerprint density at radius 2 is 1.98 bits per heavy atom. The maximum atomic E-state index is 13.1. The molecule has 222 valence electrons. The summed E-state index contributed by atoms with van der Waals surface area (Å²) < 4.78 is 16.6. The number of anilines is 1. The Morgan fingerprint density at radius 1 is 1.14 bits per heavy atom. The number of amides is 1. The molecule has 0 saturated heterocycles. The first-order valence-corrected chi connectivity index (χ1v) is 14.5. The van der Waals surface area contributed by atoms with Crippen LogP contribution in [0.3, 0.4) is 0 Å². The van der Waals surface area contributed by atoms with Crippen LogP contribution in [0, 0.1) is 12.8 Å². The van der Waals surface area contributed by atoms with Gasteiger partial charge in [0, 0.05) is 35.3 Å². The van der Waals surface area contributed by atoms with Crippen molar-refractivity contribution in [2.24, 2.45) is 11.0 Å². The molecule has 42 heavy (non-hydrogen) atoms. The number of nitrogen functional groups attached to an aromatic ring is 1. The summed E-state index contributed by atoms with van der Waals surface area (Å²) in [6.07, 6.45) is 3.35. The number of ether oxygens (including phenoxy) is 2. The molecule has 10 nitrogen and oxygen atoms in total. The van der Waals surface area contributed by atoms with E-state index in [0.29, 0.717) is 36.4 Å². The number of carbonyl (C=O) groups is 1. The van der Waals surface area contributed by atoms with Gasteiger partial charge in [0.2, 0.25) is 0 Å². The summed E-state index contributed by atoms with van der Waals surface area (Å²) in [5.41, 5.74) is 16.0. The number of nitrogens with one attached hydrogen (secondary N) is 2. The molecular formula is C32H38N4O6. The molecule has 2 unspecified atom stereocenters. The molecule has 3 aromatic rings. The number of benzene rings is 2. The summed E-state index contributed by atoms with van der Waals surface area (Å²) in [5.74, 6) is 0.0555. The van der Waals surface area contributed by atoms with Crippen LogP contribution in [-0.2, 0) is 9.47 Å². The lowest BCUT2D eigenvalue weighted by molar-refractivity contribution is 0.0723. The summed E-state index contributed by atoms with van der Waals surface area (Å²) in [6, 6.07) is 13.2. The molecule has 1 amide bonds. The highest BCUT2D eigenvalue weighted by molar-refractivity contribution is 6.05. The number of alkyl carbamates (subject to hydrolysis) is 1. The molecule has 0 radical (unpaired) electrons. The molecule has 0 bridgehead atoms. The van der Waals surface area contributed by atoms with Gasteiger partial charge in [-0.2, -0.15) is 5.10 Å². The van der Waals surface area contributed by atoms with E-state index in [-0.39, 0.29) is 25.2 Å². The Labute approximate surface area is 244 Å². The molecule has 1 aromatic heterocycles. The molecule has 1 aliphatic carbocycles. The summed E-state index contributed by atoms with van der Waals surface area (Å²) in [6.45, 7) is 4.80. The molecule has 2 aliphatic rings. The SMILES string of the molecule is CC1=C2CCCC(OC(=O)NCCOCCO)CCC2C(c2cccc(-c3c(C)c4ccc(N)cc4oc3=O)c2)=NN1. The van der Waals surface area contributed by atoms with Gasteiger partial charge in [-0.15, -0.1) is 0 Å². The number of hydrogen-bond donors (Lipinski definition) is 4. The largest absolute Gasteiger partial charge is 0.446 e. The zero-order chi connectivity index (χ0) is 29.6. The minimum Gasteiger partial charge on any atom is -0.446 e. The lowest BCUT2D eigenvalue weighted by Crippen LogP contribution is -2.34. The molecule has 1 aliphatic heterocycles. The maximum absolute atomic E-state index is 13.1. The van der Waals surface area contributed by atoms with E-state index in [9.17, 15) is 9.59 Å². The van der Waals surface area contributed by atoms with Gasteiger partial charge in [0.25, 0.3) is 0 Å². The first-order valence-electron chi connectivity index (χ1n) is 14.5. The lowest BCUT2D eigenvalue weighted by Gasteiger charge is -2.32. The Kier molecular flexibility index (Phi) is 9.24. The van der Waals surface area contributed by atoms with E-state index in [4.69, 9.17) is 29.8 Å². The molecule has 10 heteroatoms. The van der Waals surface area contributed by atoms with E-state index >= 15 is 0 Å². The van der Waals surface area contributed by atoms with Gasteiger partial charge in [0.05, 0.1) is 31.1 Å². The second kappa shape index (κ2) is 13.2. The van der Waals surface area contributed by atoms with Crippen molar-refractivity contribution >= 4 is 28.5 Å². The number of aliphatic hydroxyl groups is 1. The van der Waals surface area contributed by atoms with Crippen LogP contribution in [0.15, 0.2) is 68.0 Å². The van der Waals surface area contributed by atoms with Crippen molar-refractivity contribution in [2.75, 3.05) is 32.1 Å². The molecule has 2 aromatic carbocycles. The Hall–Kier alpha value is -4.15. The van der Waals surface area contributed by atoms with Gasteiger partial charge in [-0.25, -0.2) is 9.59 Å². The number of fused-ring (bicyclic) bond motifs is 2. The van der Waals surface area contributed by atoms with Crippen LogP contribution in [-0.4, -0.2) is 49.4 Å². The highest BCUT2D eigenvalue weighted by Crippen LogP contribution is 2.36. The topological polar surface area (TPSA) is 148 Å². The fourth-order valence-electron chi connectivity index (χ4n) is 5.92. The highest BCUT2D eigenvalue weighted by atomic mass is 16.6. The van der Waals surface area contributed by atoms with Crippen LogP contribution >= 0.6 is 0 Å². The lowest BCUT2D eigenvalue weighted by atomic mass is 9.79. The number of hydrazone groups is 1. The number of nitrogens with zero attached hydrogens (tertiary/aromatic N) is 1. The van der Waals surface area contributed by atoms with Crippen molar-refractivity contribution in [3.63, 3.8) is 0 Å². The van der Waals surface area contributed by atoms with Crippen molar-refractivity contribution < 1.29 is 23.8 Å². The number of allylic oxidation sites excluding steroid dienone is 2. The van der Waals surface area contributed by atoms with Gasteiger partial charge >= 0.3 is 11.7 Å². The molecule has 2 heterocycles. The summed E-state index contributed by atoms with van der Waals surface area (Å²) >= 11 is 0. The summed E-state index contributed by atoms with van der Waals surface area (Å²) in [7, 11) is 0. The van der Waals surface area contributed by atoms with Crippen LogP contribution in [0.2, 0.25) is 0 Å². The van der Waals surface area contributed by atoms with Crippen LogP contribution in [0.1, 0.15) is 50.2 Å². The number of nitrogens with two attached hydrogens (primary N) is 1. The molecule has 5 N–H and O–H groups in total. The predicted molar refractivity (Wildman–Crippen MR) is 162 cm³/mol. The normalized spacial score (nSPS) is 18.9. The van der Waals surface area contributed by atoms with E-state index in [1.807, 2.05) is 37.3 Å². The van der Waals surface area contributed by atoms with Gasteiger partial charge < -0.3 is 30.0 Å². The van der Waals surface area contributed by atoms with Gasteiger partial charge in [0.1, 0.15) is 11.7 Å². The fourth-order valence-corrected chi connectivity index (χ4v) is 5.92. The minimum atomic E-state index is -0.459. The van der Waals surface area contributed by atoms with Crippen LogP contribution in [0.4, 0.5) is 10.5 Å². The third kappa shape index (κ3) is 6.50. The fraction of sp³-hybridized carbons (Fsp3) is 0.406. The number of rotatable bonds is 8. The number of aliphatic hydroxyl groups excluding tert-OH is 1. The Morgan fingerprint density at radius 3 is 2.81 bits per heavy atom. The third-order valence-electron chi connectivity index (χ3n) is 7.99. The van der Waals surface area contributed by atoms with E-state index in [1.54, 1.807) is 12.1 Å². The van der Waals surface area contributed by atoms with Gasteiger partial charge in [-0.05, 0) is 86.4 Å². The second-order valence-corrected chi connectivity index (χ2v) is 10.8. The van der Waals surface area contributed by atoms with Crippen molar-refractivity contribution in [3.8, 4) is 11.1 Å². The number of aryl methyl sites for hydroxylation is 1. The van der Waals surface area contributed by atoms with E-state index < -0.39 is 11.7 Å². The van der Waals surface area contributed by atoms with Crippen molar-refractivity contribution in [1.29, 1.82) is 0 Å². The molecule has 5 rings (SSSR count). The van der Waals surface area contributed by atoms with E-state index in [2.05, 4.69) is 17.7 Å². The zero-order valence-corrected chi connectivity index (χ0v) is 24.1. The highest BCUT2D eigenvalue weighted by Gasteiger charge is 2.31. The van der Waals surface area contributed by atoms with Crippen molar-refractivity contribution in [3.05, 3.63) is 75.3 Å². The van der Waals surface area contributed by atoms with Crippen LogP contribution < -0.4 is 22.1 Å². The molecule has 0 spiro atoms. The average Bonchev–Trinajstić information content (AvgIpc) is 2.95. The van der Waals surface area contributed by atoms with E-state index in [0.717, 1.165) is 59.2 Å². The molecule has 2 atom stereocenters. The first-order chi connectivity index (χ1) is 20.4. The molecule has 1 saturated carbocycles. The van der Waals surface area contributed by atoms with Crippen molar-refractivity contribution in [1.82, 2.24) is 10.7 Å². The summed E-state index contributed by atoms with van der Waals surface area (Å²) in [4.78, 5) is 25.5. The smallest absolute Gasteiger partial charge is 0.407 e. The van der Waals surface area contributed by atoms with Gasteiger partial charge in [-0.3, -0.25) is 5.43 Å². The monoisotopic (exact) mass is 574 g/mol. The Bertz CT molecular complexity index is 1580. The van der Waals surface area contributed by atoms with Crippen LogP contribution in [0.25, 0.3) is 22.1 Å². The number of hydrogen-bond acceptors (Lipinski definition) is 9. The molecule has 1 fully saturated rings. The van der Waals surface area contributed by atoms with E-state index in [1.165, 1.54) is 5.57 Å². The number of carbonyl (C=O) groups excluding carboxylic acids is 1. The average molecular weight is 575 g/mol. The predicted octanol–water partition coefficient (Wildman–Crippen LogP) is 4.62. The second-order valence-electron chi connectivity index (χ2n) is 10.8. The van der Waals surface area contributed by atoms with Crippen molar-refractivity contribution in [2.45, 2.75) is 52.1 Å². The maximum Gasteiger partial charge on any atom is 0.407 e.